The number of hydrogen-bond acceptors (Lipinski definition) is 4. The summed E-state index contributed by atoms with van der Waals surface area (Å²) in [6, 6.07) is 11.0. The van der Waals surface area contributed by atoms with Crippen molar-refractivity contribution in [2.45, 2.75) is 0 Å². The lowest BCUT2D eigenvalue weighted by Gasteiger charge is -2.15. The highest BCUT2D eigenvalue weighted by molar-refractivity contribution is 6.08. The number of rotatable bonds is 6. The van der Waals surface area contributed by atoms with Gasteiger partial charge in [-0.2, -0.15) is 0 Å². The number of methoxy groups -OCH3 is 3. The zero-order valence-electron chi connectivity index (χ0n) is 12.9. The van der Waals surface area contributed by atoms with E-state index in [2.05, 4.69) is 6.58 Å². The van der Waals surface area contributed by atoms with E-state index in [1.54, 1.807) is 27.4 Å². The summed E-state index contributed by atoms with van der Waals surface area (Å²) in [5.41, 5.74) is 2.17. The first-order chi connectivity index (χ1) is 10.7. The van der Waals surface area contributed by atoms with Crippen molar-refractivity contribution >= 4 is 5.78 Å². The Balaban J connectivity index is 2.68. The summed E-state index contributed by atoms with van der Waals surface area (Å²) in [7, 11) is 4.67. The first-order valence-corrected chi connectivity index (χ1v) is 6.72. The minimum Gasteiger partial charge on any atom is -0.493 e. The van der Waals surface area contributed by atoms with Gasteiger partial charge < -0.3 is 14.2 Å². The molecule has 0 spiro atoms. The van der Waals surface area contributed by atoms with Gasteiger partial charge >= 0.3 is 0 Å². The summed E-state index contributed by atoms with van der Waals surface area (Å²) in [6.07, 6.45) is 1.30. The Morgan fingerprint density at radius 1 is 1.00 bits per heavy atom. The molecule has 0 amide bonds. The second-order valence-corrected chi connectivity index (χ2v) is 4.53. The Bertz CT molecular complexity index is 679. The van der Waals surface area contributed by atoms with E-state index in [-0.39, 0.29) is 5.78 Å². The molecule has 22 heavy (non-hydrogen) atoms. The first kappa shape index (κ1) is 15.6. The van der Waals surface area contributed by atoms with Crippen LogP contribution in [0.5, 0.6) is 17.2 Å². The Kier molecular flexibility index (Phi) is 4.84. The van der Waals surface area contributed by atoms with Crippen LogP contribution < -0.4 is 14.2 Å². The number of carbonyl (C=O) groups excluding carboxylic acids is 1. The predicted molar refractivity (Wildman–Crippen MR) is 86.1 cm³/mol. The second-order valence-electron chi connectivity index (χ2n) is 4.53. The van der Waals surface area contributed by atoms with Crippen LogP contribution in [-0.4, -0.2) is 27.1 Å². The van der Waals surface area contributed by atoms with Crippen molar-refractivity contribution in [1.82, 2.24) is 0 Å². The number of benzene rings is 2. The summed E-state index contributed by atoms with van der Waals surface area (Å²) in [5, 5.41) is 0. The summed E-state index contributed by atoms with van der Waals surface area (Å²) in [4.78, 5) is 12.0. The molecule has 0 saturated carbocycles. The highest BCUT2D eigenvalue weighted by Crippen LogP contribution is 2.41. The van der Waals surface area contributed by atoms with Gasteiger partial charge in [-0.1, -0.05) is 30.8 Å². The van der Waals surface area contributed by atoms with Crippen LogP contribution in [0.25, 0.3) is 11.1 Å². The van der Waals surface area contributed by atoms with E-state index in [1.165, 1.54) is 6.08 Å². The lowest BCUT2D eigenvalue weighted by atomic mass is 9.96. The number of ketones is 1. The Labute approximate surface area is 129 Å². The van der Waals surface area contributed by atoms with Crippen molar-refractivity contribution in [2.75, 3.05) is 21.3 Å². The molecule has 114 valence electrons. The molecule has 2 aromatic rings. The van der Waals surface area contributed by atoms with Gasteiger partial charge in [0.15, 0.2) is 17.3 Å². The zero-order valence-corrected chi connectivity index (χ0v) is 12.9. The Morgan fingerprint density at radius 2 is 1.59 bits per heavy atom. The summed E-state index contributed by atoms with van der Waals surface area (Å²) >= 11 is 0. The van der Waals surface area contributed by atoms with Gasteiger partial charge in [-0.05, 0) is 29.3 Å². The van der Waals surface area contributed by atoms with E-state index in [9.17, 15) is 4.79 Å². The molecule has 0 aliphatic rings. The molecule has 4 heteroatoms. The fourth-order valence-electron chi connectivity index (χ4n) is 2.30. The number of allylic oxidation sites excluding steroid dienone is 1. The van der Waals surface area contributed by atoms with Gasteiger partial charge in [0.05, 0.1) is 21.3 Å². The minimum absolute atomic E-state index is 0.135. The molecule has 0 aliphatic heterocycles. The van der Waals surface area contributed by atoms with E-state index in [0.29, 0.717) is 22.8 Å². The number of carbonyl (C=O) groups is 1. The molecule has 2 aromatic carbocycles. The maximum absolute atomic E-state index is 12.0. The van der Waals surface area contributed by atoms with Crippen LogP contribution in [0.4, 0.5) is 0 Å². The monoisotopic (exact) mass is 298 g/mol. The van der Waals surface area contributed by atoms with Gasteiger partial charge in [0.1, 0.15) is 0 Å². The van der Waals surface area contributed by atoms with Gasteiger partial charge in [-0.25, -0.2) is 0 Å². The average Bonchev–Trinajstić information content (AvgIpc) is 2.59. The van der Waals surface area contributed by atoms with Gasteiger partial charge in [-0.15, -0.1) is 0 Å². The fraction of sp³-hybridized carbons (Fsp3) is 0.167. The molecule has 0 heterocycles. The fourth-order valence-corrected chi connectivity index (χ4v) is 2.30. The highest BCUT2D eigenvalue weighted by Gasteiger charge is 2.16. The minimum atomic E-state index is -0.135. The van der Waals surface area contributed by atoms with E-state index in [0.717, 1.165) is 11.1 Å². The van der Waals surface area contributed by atoms with Crippen molar-refractivity contribution < 1.29 is 19.0 Å². The van der Waals surface area contributed by atoms with Gasteiger partial charge in [0, 0.05) is 5.56 Å². The zero-order chi connectivity index (χ0) is 16.1. The maximum atomic E-state index is 12.0. The lowest BCUT2D eigenvalue weighted by molar-refractivity contribution is 0.104. The first-order valence-electron chi connectivity index (χ1n) is 6.72. The molecule has 0 fully saturated rings. The highest BCUT2D eigenvalue weighted by atomic mass is 16.5. The third-order valence-corrected chi connectivity index (χ3v) is 3.35. The predicted octanol–water partition coefficient (Wildman–Crippen LogP) is 3.75. The summed E-state index contributed by atoms with van der Waals surface area (Å²) < 4.78 is 16.0. The van der Waals surface area contributed by atoms with Crippen molar-refractivity contribution in [3.8, 4) is 28.4 Å². The Hall–Kier alpha value is -2.75. The quantitative estimate of drug-likeness (QED) is 0.602. The molecular weight excluding hydrogens is 280 g/mol. The van der Waals surface area contributed by atoms with E-state index >= 15 is 0 Å². The summed E-state index contributed by atoms with van der Waals surface area (Å²) in [6.45, 7) is 3.55. The van der Waals surface area contributed by atoms with Crippen LogP contribution in [0, 0.1) is 0 Å². The van der Waals surface area contributed by atoms with Gasteiger partial charge in [0.2, 0.25) is 5.75 Å². The third-order valence-electron chi connectivity index (χ3n) is 3.35. The maximum Gasteiger partial charge on any atom is 0.203 e. The van der Waals surface area contributed by atoms with Crippen LogP contribution in [0.1, 0.15) is 10.4 Å². The lowest BCUT2D eigenvalue weighted by Crippen LogP contribution is -1.99. The Morgan fingerprint density at radius 3 is 2.09 bits per heavy atom. The smallest absolute Gasteiger partial charge is 0.203 e. The average molecular weight is 298 g/mol. The van der Waals surface area contributed by atoms with Crippen LogP contribution >= 0.6 is 0 Å². The van der Waals surface area contributed by atoms with E-state index in [1.807, 2.05) is 30.3 Å². The van der Waals surface area contributed by atoms with Crippen molar-refractivity contribution in [3.05, 3.63) is 54.6 Å². The molecule has 0 atom stereocenters. The number of hydrogen-bond donors (Lipinski definition) is 0. The summed E-state index contributed by atoms with van der Waals surface area (Å²) in [5.74, 6) is 1.46. The normalized spacial score (nSPS) is 9.95. The van der Waals surface area contributed by atoms with Crippen molar-refractivity contribution in [2.24, 2.45) is 0 Å². The molecule has 0 aliphatic carbocycles. The molecule has 4 nitrogen and oxygen atoms in total. The van der Waals surface area contributed by atoms with Gasteiger partial charge in [0.25, 0.3) is 0 Å². The second kappa shape index (κ2) is 6.80. The third kappa shape index (κ3) is 2.81. The van der Waals surface area contributed by atoms with Crippen molar-refractivity contribution in [1.29, 1.82) is 0 Å². The molecule has 0 bridgehead atoms. The van der Waals surface area contributed by atoms with Crippen LogP contribution in [-0.2, 0) is 0 Å². The number of ether oxygens (including phenoxy) is 3. The molecule has 0 N–H and O–H groups in total. The standard InChI is InChI=1S/C18H18O4/c1-5-15(19)14-9-7-6-8-13(14)12-10-16(20-2)18(22-4)17(11-12)21-3/h5-11H,1H2,2-4H3. The van der Waals surface area contributed by atoms with Crippen LogP contribution in [0.15, 0.2) is 49.1 Å². The van der Waals surface area contributed by atoms with Gasteiger partial charge in [-0.3, -0.25) is 4.79 Å². The van der Waals surface area contributed by atoms with E-state index in [4.69, 9.17) is 14.2 Å². The van der Waals surface area contributed by atoms with Crippen LogP contribution in [0.2, 0.25) is 0 Å². The topological polar surface area (TPSA) is 44.8 Å². The molecule has 0 saturated heterocycles. The molecule has 0 unspecified atom stereocenters. The van der Waals surface area contributed by atoms with Crippen LogP contribution in [0.3, 0.4) is 0 Å². The molecule has 0 aromatic heterocycles. The molecule has 0 radical (unpaired) electrons. The largest absolute Gasteiger partial charge is 0.493 e. The van der Waals surface area contributed by atoms with Crippen molar-refractivity contribution in [3.63, 3.8) is 0 Å². The van der Waals surface area contributed by atoms with E-state index < -0.39 is 0 Å². The SMILES string of the molecule is C=CC(=O)c1ccccc1-c1cc(OC)c(OC)c(OC)c1. The molecular formula is C18H18O4. The molecule has 2 rings (SSSR count).